The Labute approximate surface area is 94.1 Å². The first-order valence-electron chi connectivity index (χ1n) is 5.20. The molecule has 0 aliphatic heterocycles. The van der Waals surface area contributed by atoms with Crippen molar-refractivity contribution in [2.75, 3.05) is 12.0 Å². The molecule has 0 atom stereocenters. The maximum Gasteiger partial charge on any atom is 0.224 e. The molecule has 1 aromatic rings. The second-order valence-electron chi connectivity index (χ2n) is 4.27. The Kier molecular flexibility index (Phi) is 2.82. The topological polar surface area (TPSA) is 64.7 Å². The van der Waals surface area contributed by atoms with E-state index in [9.17, 15) is 0 Å². The van der Waals surface area contributed by atoms with E-state index in [2.05, 4.69) is 21.9 Å². The van der Waals surface area contributed by atoms with Gasteiger partial charge in [-0.1, -0.05) is 31.5 Å². The van der Waals surface area contributed by atoms with Crippen molar-refractivity contribution in [3.63, 3.8) is 0 Å². The molecule has 4 nitrogen and oxygen atoms in total. The van der Waals surface area contributed by atoms with Crippen molar-refractivity contribution in [2.24, 2.45) is 0 Å². The summed E-state index contributed by atoms with van der Waals surface area (Å²) in [5.41, 5.74) is 5.80. The Hall–Kier alpha value is -0.840. The van der Waals surface area contributed by atoms with E-state index in [-0.39, 0.29) is 5.41 Å². The van der Waals surface area contributed by atoms with E-state index in [0.29, 0.717) is 5.95 Å². The molecule has 5 heteroatoms. The van der Waals surface area contributed by atoms with Crippen molar-refractivity contribution in [3.05, 3.63) is 5.82 Å². The van der Waals surface area contributed by atoms with Gasteiger partial charge in [-0.2, -0.15) is 9.97 Å². The van der Waals surface area contributed by atoms with Crippen LogP contribution in [0.1, 0.15) is 38.4 Å². The Morgan fingerprint density at radius 3 is 2.47 bits per heavy atom. The molecule has 2 rings (SSSR count). The zero-order valence-electron chi connectivity index (χ0n) is 9.16. The maximum absolute atomic E-state index is 5.69. The van der Waals surface area contributed by atoms with E-state index in [4.69, 9.17) is 5.73 Å². The minimum absolute atomic E-state index is 0.113. The second-order valence-corrected chi connectivity index (χ2v) is 5.05. The molecule has 1 heterocycles. The number of nitrogens with two attached hydrogens (primary N) is 1. The molecule has 0 radical (unpaired) electrons. The summed E-state index contributed by atoms with van der Waals surface area (Å²) in [5.74, 6) is 1.22. The molecule has 0 unspecified atom stereocenters. The third-order valence-corrected chi connectivity index (χ3v) is 3.61. The number of thioether (sulfide) groups is 1. The Morgan fingerprint density at radius 1 is 1.20 bits per heavy atom. The van der Waals surface area contributed by atoms with Gasteiger partial charge in [0.25, 0.3) is 0 Å². The van der Waals surface area contributed by atoms with E-state index < -0.39 is 0 Å². The molecule has 1 aliphatic rings. The third-order valence-electron chi connectivity index (χ3n) is 3.06. The van der Waals surface area contributed by atoms with Crippen molar-refractivity contribution in [3.8, 4) is 0 Å². The molecule has 0 spiro atoms. The first-order valence-corrected chi connectivity index (χ1v) is 6.42. The lowest BCUT2D eigenvalue weighted by Crippen LogP contribution is -2.22. The fourth-order valence-corrected chi connectivity index (χ4v) is 2.47. The zero-order chi connectivity index (χ0) is 10.9. The molecule has 1 aromatic heterocycles. The largest absolute Gasteiger partial charge is 0.368 e. The smallest absolute Gasteiger partial charge is 0.224 e. The van der Waals surface area contributed by atoms with E-state index in [1.165, 1.54) is 24.6 Å². The van der Waals surface area contributed by atoms with Gasteiger partial charge in [-0.25, -0.2) is 4.98 Å². The number of anilines is 1. The molecule has 15 heavy (non-hydrogen) atoms. The van der Waals surface area contributed by atoms with Crippen LogP contribution in [-0.4, -0.2) is 21.2 Å². The number of rotatable bonds is 2. The standard InChI is InChI=1S/C10H16N4S/c1-10(5-3-4-6-10)7-12-8(11)14-9(13-7)15-2/h3-6H2,1-2H3,(H2,11,12,13,14). The number of hydrogen-bond acceptors (Lipinski definition) is 5. The van der Waals surface area contributed by atoms with Crippen LogP contribution < -0.4 is 5.73 Å². The van der Waals surface area contributed by atoms with E-state index >= 15 is 0 Å². The van der Waals surface area contributed by atoms with Crippen LogP contribution in [0.2, 0.25) is 0 Å². The first-order chi connectivity index (χ1) is 7.14. The molecule has 1 fully saturated rings. The van der Waals surface area contributed by atoms with Crippen molar-refractivity contribution in [1.82, 2.24) is 15.0 Å². The fraction of sp³-hybridized carbons (Fsp3) is 0.700. The lowest BCUT2D eigenvalue weighted by Gasteiger charge is -2.21. The summed E-state index contributed by atoms with van der Waals surface area (Å²) in [5, 5.41) is 0.727. The monoisotopic (exact) mass is 224 g/mol. The predicted octanol–water partition coefficient (Wildman–Crippen LogP) is 2.01. The Bertz CT molecular complexity index is 360. The molecule has 1 aliphatic carbocycles. The number of aromatic nitrogens is 3. The maximum atomic E-state index is 5.69. The number of hydrogen-bond donors (Lipinski definition) is 1. The fourth-order valence-electron chi connectivity index (χ4n) is 2.11. The quantitative estimate of drug-likeness (QED) is 0.778. The highest BCUT2D eigenvalue weighted by Crippen LogP contribution is 2.39. The van der Waals surface area contributed by atoms with E-state index in [0.717, 1.165) is 23.8 Å². The van der Waals surface area contributed by atoms with Crippen molar-refractivity contribution in [1.29, 1.82) is 0 Å². The number of nitrogen functional groups attached to an aromatic ring is 1. The molecule has 2 N–H and O–H groups in total. The molecular formula is C10H16N4S. The summed E-state index contributed by atoms with van der Waals surface area (Å²) < 4.78 is 0. The average molecular weight is 224 g/mol. The van der Waals surface area contributed by atoms with Crippen LogP contribution in [0.5, 0.6) is 0 Å². The molecule has 0 amide bonds. The van der Waals surface area contributed by atoms with Crippen LogP contribution in [0.4, 0.5) is 5.95 Å². The molecular weight excluding hydrogens is 208 g/mol. The van der Waals surface area contributed by atoms with Gasteiger partial charge in [0.1, 0.15) is 5.82 Å². The SMILES string of the molecule is CSc1nc(N)nc(C2(C)CCCC2)n1. The molecule has 82 valence electrons. The normalized spacial score (nSPS) is 19.3. The van der Waals surface area contributed by atoms with Crippen LogP contribution in [0.3, 0.4) is 0 Å². The first kappa shape index (κ1) is 10.7. The highest BCUT2D eigenvalue weighted by Gasteiger charge is 2.34. The van der Waals surface area contributed by atoms with Crippen LogP contribution in [0, 0.1) is 0 Å². The highest BCUT2D eigenvalue weighted by molar-refractivity contribution is 7.98. The Morgan fingerprint density at radius 2 is 1.87 bits per heavy atom. The van der Waals surface area contributed by atoms with Crippen LogP contribution in [0.15, 0.2) is 5.16 Å². The van der Waals surface area contributed by atoms with Gasteiger partial charge >= 0.3 is 0 Å². The van der Waals surface area contributed by atoms with E-state index in [1.54, 1.807) is 0 Å². The molecule has 0 aromatic carbocycles. The average Bonchev–Trinajstić information content (AvgIpc) is 2.65. The van der Waals surface area contributed by atoms with Crippen molar-refractivity contribution >= 4 is 17.7 Å². The summed E-state index contributed by atoms with van der Waals surface area (Å²) in [6.45, 7) is 2.22. The predicted molar refractivity (Wildman–Crippen MR) is 61.8 cm³/mol. The van der Waals surface area contributed by atoms with Crippen LogP contribution in [0.25, 0.3) is 0 Å². The van der Waals surface area contributed by atoms with Gasteiger partial charge in [0.15, 0.2) is 5.16 Å². The van der Waals surface area contributed by atoms with Gasteiger partial charge < -0.3 is 5.73 Å². The minimum Gasteiger partial charge on any atom is -0.368 e. The summed E-state index contributed by atoms with van der Waals surface area (Å²) in [6, 6.07) is 0. The molecule has 1 saturated carbocycles. The zero-order valence-corrected chi connectivity index (χ0v) is 9.97. The highest BCUT2D eigenvalue weighted by atomic mass is 32.2. The third kappa shape index (κ3) is 2.07. The summed E-state index contributed by atoms with van der Waals surface area (Å²) >= 11 is 1.51. The second kappa shape index (κ2) is 3.96. The van der Waals surface area contributed by atoms with Gasteiger partial charge in [0, 0.05) is 5.41 Å². The van der Waals surface area contributed by atoms with Gasteiger partial charge in [-0.15, -0.1) is 0 Å². The van der Waals surface area contributed by atoms with Crippen LogP contribution >= 0.6 is 11.8 Å². The minimum atomic E-state index is 0.113. The van der Waals surface area contributed by atoms with Gasteiger partial charge in [0.05, 0.1) is 0 Å². The molecule has 0 saturated heterocycles. The van der Waals surface area contributed by atoms with Gasteiger partial charge in [0.2, 0.25) is 5.95 Å². The van der Waals surface area contributed by atoms with E-state index in [1.807, 2.05) is 6.26 Å². The number of nitrogens with zero attached hydrogens (tertiary/aromatic N) is 3. The van der Waals surface area contributed by atoms with Crippen molar-refractivity contribution < 1.29 is 0 Å². The summed E-state index contributed by atoms with van der Waals surface area (Å²) in [6.07, 6.45) is 6.79. The van der Waals surface area contributed by atoms with Crippen molar-refractivity contribution in [2.45, 2.75) is 43.2 Å². The van der Waals surface area contributed by atoms with Crippen LogP contribution in [-0.2, 0) is 5.41 Å². The lowest BCUT2D eigenvalue weighted by molar-refractivity contribution is 0.451. The summed E-state index contributed by atoms with van der Waals surface area (Å²) in [7, 11) is 0. The van der Waals surface area contributed by atoms with Gasteiger partial charge in [-0.05, 0) is 19.1 Å². The van der Waals surface area contributed by atoms with Gasteiger partial charge in [-0.3, -0.25) is 0 Å². The summed E-state index contributed by atoms with van der Waals surface area (Å²) in [4.78, 5) is 12.8. The lowest BCUT2D eigenvalue weighted by atomic mass is 9.88. The molecule has 0 bridgehead atoms. The Balaban J connectivity index is 2.38.